The van der Waals surface area contributed by atoms with E-state index in [0.29, 0.717) is 97.0 Å². The number of carbonyl (C=O) groups excluding carboxylic acids is 1. The molecule has 13 heteroatoms. The average molecular weight is 1960 g/mol. The molecule has 1 aliphatic heterocycles. The first-order chi connectivity index (χ1) is 70.4. The SMILES string of the molecule is CCCCCCCCCCCCCCCCOc1cc(-c2ccc(C(=O)/C=C(\OB3Oc4cc5ccccc5cc4O3)c3ccc(-c4cc(OCCCCCCCCCCCCCCCC)c(OCCCCCCCCCCCCCCCC)c(OCCCCCCCCCCCCCCCC)c4)[nH]3)[nH]2)cc(OCCCCCCCCCCCCCCCC)c1OCCCCCCCCCCCCCCCC. The van der Waals surface area contributed by atoms with Crippen molar-refractivity contribution in [3.8, 4) is 68.5 Å². The molecule has 0 atom stereocenters. The van der Waals surface area contributed by atoms with Crippen LogP contribution in [0.4, 0.5) is 0 Å². The molecule has 804 valence electrons. The molecule has 0 saturated carbocycles. The number of unbranched alkanes of at least 4 members (excludes halogenated alkanes) is 78. The van der Waals surface area contributed by atoms with Crippen molar-refractivity contribution >= 4 is 29.6 Å². The van der Waals surface area contributed by atoms with Crippen LogP contribution in [-0.2, 0) is 4.65 Å². The fourth-order valence-electron chi connectivity index (χ4n) is 20.6. The van der Waals surface area contributed by atoms with Gasteiger partial charge >= 0.3 is 7.32 Å². The summed E-state index contributed by atoms with van der Waals surface area (Å²) in [5.41, 5.74) is 4.28. The minimum absolute atomic E-state index is 0.255. The predicted molar refractivity (Wildman–Crippen MR) is 612 cm³/mol. The summed E-state index contributed by atoms with van der Waals surface area (Å²) in [5.74, 6) is 5.26. The Bertz CT molecular complexity index is 3820. The third kappa shape index (κ3) is 58.2. The molecule has 1 aliphatic rings. The lowest BCUT2D eigenvalue weighted by Gasteiger charge is -2.19. The van der Waals surface area contributed by atoms with Crippen LogP contribution < -0.4 is 37.7 Å². The van der Waals surface area contributed by atoms with Crippen LogP contribution in [0.15, 0.2) is 91.0 Å². The van der Waals surface area contributed by atoms with Crippen LogP contribution in [0.2, 0.25) is 0 Å². The van der Waals surface area contributed by atoms with E-state index in [-0.39, 0.29) is 11.5 Å². The van der Waals surface area contributed by atoms with Crippen molar-refractivity contribution < 1.29 is 47.2 Å². The Hall–Kier alpha value is -6.63. The normalized spacial score (nSPS) is 12.0. The zero-order valence-electron chi connectivity index (χ0n) is 93.0. The van der Waals surface area contributed by atoms with E-state index in [1.165, 1.54) is 462 Å². The number of benzene rings is 4. The topological polar surface area (TPSA) is 132 Å². The summed E-state index contributed by atoms with van der Waals surface area (Å²) < 4.78 is 61.9. The first-order valence-corrected chi connectivity index (χ1v) is 61.7. The summed E-state index contributed by atoms with van der Waals surface area (Å²) in [6.07, 6.45) is 111. The number of H-pyrrole nitrogens is 2. The number of ether oxygens (including phenoxy) is 6. The van der Waals surface area contributed by atoms with E-state index in [1.807, 2.05) is 42.5 Å². The number of hydrogen-bond donors (Lipinski definition) is 2. The molecule has 2 aromatic heterocycles. The summed E-state index contributed by atoms with van der Waals surface area (Å²) >= 11 is 0. The monoisotopic (exact) mass is 1960 g/mol. The number of fused-ring (bicyclic) bond motifs is 2. The minimum Gasteiger partial charge on any atom is -0.490 e. The maximum Gasteiger partial charge on any atom is 0.864 e. The van der Waals surface area contributed by atoms with Gasteiger partial charge in [0, 0.05) is 28.6 Å². The molecular formula is C129H215BN2O10. The number of rotatable bonds is 103. The second-order valence-electron chi connectivity index (χ2n) is 43.0. The number of allylic oxidation sites excluding steroid dienone is 1. The molecule has 12 nitrogen and oxygen atoms in total. The Morgan fingerprint density at radius 2 is 0.437 bits per heavy atom. The summed E-state index contributed by atoms with van der Waals surface area (Å²) in [6.45, 7) is 17.3. The number of aromatic amines is 2. The van der Waals surface area contributed by atoms with Crippen molar-refractivity contribution in [3.63, 3.8) is 0 Å². The van der Waals surface area contributed by atoms with E-state index >= 15 is 4.79 Å². The molecular weight excluding hydrogens is 1750 g/mol. The molecule has 0 fully saturated rings. The van der Waals surface area contributed by atoms with Gasteiger partial charge in [0.05, 0.1) is 51.0 Å². The smallest absolute Gasteiger partial charge is 0.490 e. The van der Waals surface area contributed by atoms with E-state index < -0.39 is 7.32 Å². The lowest BCUT2D eigenvalue weighted by Crippen LogP contribution is -2.28. The molecule has 0 unspecified atom stereocenters. The fourth-order valence-corrected chi connectivity index (χ4v) is 20.6. The van der Waals surface area contributed by atoms with E-state index in [1.54, 1.807) is 6.08 Å². The molecule has 0 aliphatic carbocycles. The fraction of sp³-hybridized carbons (Fsp3) is 0.744. The summed E-state index contributed by atoms with van der Waals surface area (Å²) in [7, 11) is -1.20. The number of nitrogens with one attached hydrogen (secondary N) is 2. The summed E-state index contributed by atoms with van der Waals surface area (Å²) in [5, 5.41) is 2.06. The molecule has 4 aromatic carbocycles. The zero-order valence-corrected chi connectivity index (χ0v) is 93.0. The van der Waals surface area contributed by atoms with Crippen molar-refractivity contribution in [2.45, 2.75) is 581 Å². The van der Waals surface area contributed by atoms with Gasteiger partial charge in [0.25, 0.3) is 0 Å². The standard InChI is InChI=1S/C129H215BN2O10/c1-7-13-19-25-31-37-43-49-55-61-67-73-79-87-99-134-124-107-114(108-125(135-100-88-80-74-68-62-56-50-44-38-32-26-20-14-8-2)128(124)138-103-91-83-77-71-65-59-53-47-41-35-29-23-17-11-5)116-95-97-118(131-116)120(133)111-121(140-130-141-122-105-112-93-85-86-94-113(112)106-123(122)142-130)119-98-96-117(132-119)115-109-126(136-101-89-81-75-69-63-57-51-45-39-33-27-21-15-9-3)129(139-104-92-84-78-72-66-60-54-48-42-36-30-24-18-12-6)127(110-115)137-102-90-82-76-70-64-58-52-46-40-34-28-22-16-10-4/h85-86,93-98,105-111,131-132H,7-84,87-92,99-104H2,1-6H3/b121-111-. The molecule has 0 saturated heterocycles. The Morgan fingerprint density at radius 3 is 0.662 bits per heavy atom. The van der Waals surface area contributed by atoms with Crippen LogP contribution in [-0.4, -0.2) is 62.7 Å². The molecule has 6 aromatic rings. The van der Waals surface area contributed by atoms with Gasteiger partial charge in [0.15, 0.2) is 23.0 Å². The van der Waals surface area contributed by atoms with E-state index in [4.69, 9.17) is 42.4 Å². The zero-order chi connectivity index (χ0) is 100.0. The first-order valence-electron chi connectivity index (χ1n) is 61.7. The minimum atomic E-state index is -1.20. The van der Waals surface area contributed by atoms with Crippen molar-refractivity contribution in [3.05, 3.63) is 102 Å². The average Bonchev–Trinajstić information content (AvgIpc) is 1.68. The highest BCUT2D eigenvalue weighted by Crippen LogP contribution is 2.46. The Labute approximate surface area is 872 Å². The van der Waals surface area contributed by atoms with Gasteiger partial charge in [-0.15, -0.1) is 0 Å². The third-order valence-electron chi connectivity index (χ3n) is 29.8. The lowest BCUT2D eigenvalue weighted by molar-refractivity contribution is 0.104. The van der Waals surface area contributed by atoms with Gasteiger partial charge in [-0.25, -0.2) is 0 Å². The molecule has 0 bridgehead atoms. The third-order valence-corrected chi connectivity index (χ3v) is 29.8. The highest BCUT2D eigenvalue weighted by atomic mass is 16.8. The molecule has 2 N–H and O–H groups in total. The van der Waals surface area contributed by atoms with Crippen molar-refractivity contribution in [2.24, 2.45) is 0 Å². The Kier molecular flexibility index (Phi) is 74.4. The molecule has 0 amide bonds. The lowest BCUT2D eigenvalue weighted by atomic mass is 10.0. The van der Waals surface area contributed by atoms with Gasteiger partial charge < -0.3 is 52.4 Å². The van der Waals surface area contributed by atoms with Crippen LogP contribution in [0.1, 0.15) is 597 Å². The van der Waals surface area contributed by atoms with Gasteiger partial charge in [-0.1, -0.05) is 567 Å². The number of aromatic nitrogens is 2. The van der Waals surface area contributed by atoms with Crippen LogP contribution in [0.5, 0.6) is 46.0 Å². The molecule has 0 radical (unpaired) electrons. The van der Waals surface area contributed by atoms with E-state index in [2.05, 4.69) is 94.0 Å². The summed E-state index contributed by atoms with van der Waals surface area (Å²) in [4.78, 5) is 22.8. The van der Waals surface area contributed by atoms with Gasteiger partial charge in [-0.2, -0.15) is 0 Å². The van der Waals surface area contributed by atoms with Crippen LogP contribution in [0, 0.1) is 0 Å². The van der Waals surface area contributed by atoms with Crippen molar-refractivity contribution in [1.29, 1.82) is 0 Å². The van der Waals surface area contributed by atoms with Crippen LogP contribution in [0.3, 0.4) is 0 Å². The highest BCUT2D eigenvalue weighted by Gasteiger charge is 2.40. The Balaban J connectivity index is 1.16. The Morgan fingerprint density at radius 1 is 0.239 bits per heavy atom. The van der Waals surface area contributed by atoms with Gasteiger partial charge in [0.2, 0.25) is 17.3 Å². The molecule has 142 heavy (non-hydrogen) atoms. The van der Waals surface area contributed by atoms with Crippen LogP contribution in [0.25, 0.3) is 39.0 Å². The molecule has 7 rings (SSSR count). The number of hydrogen-bond acceptors (Lipinski definition) is 10. The second kappa shape index (κ2) is 86.4. The van der Waals surface area contributed by atoms with Crippen LogP contribution >= 0.6 is 0 Å². The van der Waals surface area contributed by atoms with Crippen molar-refractivity contribution in [1.82, 2.24) is 9.97 Å². The van der Waals surface area contributed by atoms with E-state index in [0.717, 1.165) is 110 Å². The maximum absolute atomic E-state index is 15.5. The van der Waals surface area contributed by atoms with Crippen molar-refractivity contribution in [2.75, 3.05) is 39.6 Å². The first kappa shape index (κ1) is 122. The number of ketones is 1. The van der Waals surface area contributed by atoms with Gasteiger partial charge in [0.1, 0.15) is 17.3 Å². The largest absolute Gasteiger partial charge is 0.864 e. The quantitative estimate of drug-likeness (QED) is 0.0125. The summed E-state index contributed by atoms with van der Waals surface area (Å²) in [6, 6.07) is 28.6. The van der Waals surface area contributed by atoms with E-state index in [9.17, 15) is 0 Å². The molecule has 0 spiro atoms. The predicted octanol–water partition coefficient (Wildman–Crippen LogP) is 42.7. The van der Waals surface area contributed by atoms with Gasteiger partial charge in [-0.05, 0) is 110 Å². The molecule has 3 heterocycles. The second-order valence-corrected chi connectivity index (χ2v) is 43.0. The number of carbonyl (C=O) groups is 1. The highest BCUT2D eigenvalue weighted by molar-refractivity contribution is 6.41. The van der Waals surface area contributed by atoms with Gasteiger partial charge in [-0.3, -0.25) is 4.79 Å². The maximum atomic E-state index is 15.5.